The summed E-state index contributed by atoms with van der Waals surface area (Å²) in [5.74, 6) is 0.436. The highest BCUT2D eigenvalue weighted by Crippen LogP contribution is 2.28. The summed E-state index contributed by atoms with van der Waals surface area (Å²) < 4.78 is 5.76. The molecule has 1 rings (SSSR count). The van der Waals surface area contributed by atoms with Crippen molar-refractivity contribution in [3.05, 3.63) is 27.7 Å². The standard InChI is InChI=1S/C11H13BrClNO2/c1-11(2,3)14-10(15)16-9-5-4-7(13)6-8(9)12/h4-6H,1-3H3,(H,14,15). The Morgan fingerprint density at radius 2 is 2.06 bits per heavy atom. The molecule has 5 heteroatoms. The monoisotopic (exact) mass is 305 g/mol. The molecule has 1 amide bonds. The summed E-state index contributed by atoms with van der Waals surface area (Å²) in [6.45, 7) is 5.64. The predicted octanol–water partition coefficient (Wildman–Crippen LogP) is 3.99. The van der Waals surface area contributed by atoms with E-state index in [1.807, 2.05) is 20.8 Å². The number of carbonyl (C=O) groups excluding carboxylic acids is 1. The van der Waals surface area contributed by atoms with Crippen LogP contribution in [0.15, 0.2) is 22.7 Å². The molecule has 1 aromatic carbocycles. The van der Waals surface area contributed by atoms with Crippen molar-refractivity contribution in [2.45, 2.75) is 26.3 Å². The lowest BCUT2D eigenvalue weighted by molar-refractivity contribution is 0.190. The van der Waals surface area contributed by atoms with Crippen molar-refractivity contribution in [3.63, 3.8) is 0 Å². The Bertz CT molecular complexity index is 401. The smallest absolute Gasteiger partial charge is 0.409 e. The maximum absolute atomic E-state index is 11.5. The van der Waals surface area contributed by atoms with Crippen LogP contribution in [0, 0.1) is 0 Å². The Hall–Kier alpha value is -0.740. The molecule has 88 valence electrons. The fourth-order valence-corrected chi connectivity index (χ4v) is 1.75. The quantitative estimate of drug-likeness (QED) is 0.852. The number of hydrogen-bond donors (Lipinski definition) is 1. The maximum Gasteiger partial charge on any atom is 0.413 e. The van der Waals surface area contributed by atoms with Gasteiger partial charge in [0, 0.05) is 10.6 Å². The lowest BCUT2D eigenvalue weighted by Crippen LogP contribution is -2.42. The zero-order chi connectivity index (χ0) is 12.3. The molecule has 16 heavy (non-hydrogen) atoms. The summed E-state index contributed by atoms with van der Waals surface area (Å²) in [5, 5.41) is 3.27. The number of carbonyl (C=O) groups is 1. The summed E-state index contributed by atoms with van der Waals surface area (Å²) in [4.78, 5) is 11.5. The Kier molecular flexibility index (Phi) is 4.21. The van der Waals surface area contributed by atoms with Gasteiger partial charge in [0.25, 0.3) is 0 Å². The van der Waals surface area contributed by atoms with E-state index in [2.05, 4.69) is 21.2 Å². The largest absolute Gasteiger partial charge is 0.413 e. The Morgan fingerprint density at radius 1 is 1.44 bits per heavy atom. The lowest BCUT2D eigenvalue weighted by atomic mass is 10.1. The van der Waals surface area contributed by atoms with Crippen LogP contribution in [-0.2, 0) is 0 Å². The number of amides is 1. The fraction of sp³-hybridized carbons (Fsp3) is 0.364. The summed E-state index contributed by atoms with van der Waals surface area (Å²) in [7, 11) is 0. The normalized spacial score (nSPS) is 11.1. The molecule has 0 unspecified atom stereocenters. The average Bonchev–Trinajstić information content (AvgIpc) is 2.06. The first-order valence-electron chi connectivity index (χ1n) is 4.73. The molecule has 1 N–H and O–H groups in total. The minimum Gasteiger partial charge on any atom is -0.409 e. The van der Waals surface area contributed by atoms with E-state index in [0.29, 0.717) is 15.2 Å². The number of benzene rings is 1. The molecule has 0 aliphatic carbocycles. The molecule has 0 radical (unpaired) electrons. The van der Waals surface area contributed by atoms with E-state index in [1.165, 1.54) is 0 Å². The highest BCUT2D eigenvalue weighted by Gasteiger charge is 2.16. The highest BCUT2D eigenvalue weighted by molar-refractivity contribution is 9.10. The van der Waals surface area contributed by atoms with Crippen LogP contribution in [0.5, 0.6) is 5.75 Å². The molecule has 0 heterocycles. The molecule has 3 nitrogen and oxygen atoms in total. The van der Waals surface area contributed by atoms with Gasteiger partial charge in [0.2, 0.25) is 0 Å². The maximum atomic E-state index is 11.5. The van der Waals surface area contributed by atoms with Crippen LogP contribution < -0.4 is 10.1 Å². The van der Waals surface area contributed by atoms with Gasteiger partial charge in [-0.15, -0.1) is 0 Å². The summed E-state index contributed by atoms with van der Waals surface area (Å²) >= 11 is 9.04. The van der Waals surface area contributed by atoms with Crippen LogP contribution in [0.1, 0.15) is 20.8 Å². The molecule has 0 aliphatic rings. The molecule has 0 aliphatic heterocycles. The van der Waals surface area contributed by atoms with E-state index in [0.717, 1.165) is 0 Å². The van der Waals surface area contributed by atoms with Crippen molar-refractivity contribution in [1.82, 2.24) is 5.32 Å². The van der Waals surface area contributed by atoms with Gasteiger partial charge in [0.1, 0.15) is 5.75 Å². The number of nitrogens with one attached hydrogen (secondary N) is 1. The second-order valence-corrected chi connectivity index (χ2v) is 5.63. The van der Waals surface area contributed by atoms with Gasteiger partial charge >= 0.3 is 6.09 Å². The van der Waals surface area contributed by atoms with E-state index in [-0.39, 0.29) is 5.54 Å². The molecule has 0 aromatic heterocycles. The first kappa shape index (κ1) is 13.3. The Morgan fingerprint density at radius 3 is 2.56 bits per heavy atom. The van der Waals surface area contributed by atoms with Gasteiger partial charge in [-0.2, -0.15) is 0 Å². The summed E-state index contributed by atoms with van der Waals surface area (Å²) in [6.07, 6.45) is -0.490. The minimum absolute atomic E-state index is 0.323. The van der Waals surface area contributed by atoms with Crippen molar-refractivity contribution < 1.29 is 9.53 Å². The summed E-state index contributed by atoms with van der Waals surface area (Å²) in [6, 6.07) is 4.96. The van der Waals surface area contributed by atoms with Crippen LogP contribution >= 0.6 is 27.5 Å². The van der Waals surface area contributed by atoms with Crippen LogP contribution in [0.3, 0.4) is 0 Å². The van der Waals surface area contributed by atoms with Crippen molar-refractivity contribution in [2.24, 2.45) is 0 Å². The second kappa shape index (κ2) is 5.06. The van der Waals surface area contributed by atoms with E-state index in [4.69, 9.17) is 16.3 Å². The molecule has 0 spiro atoms. The third kappa shape index (κ3) is 4.41. The SMILES string of the molecule is CC(C)(C)NC(=O)Oc1ccc(Cl)cc1Br. The van der Waals surface area contributed by atoms with Crippen LogP contribution in [0.25, 0.3) is 0 Å². The van der Waals surface area contributed by atoms with E-state index < -0.39 is 6.09 Å². The minimum atomic E-state index is -0.490. The van der Waals surface area contributed by atoms with Gasteiger partial charge in [-0.05, 0) is 54.9 Å². The predicted molar refractivity (Wildman–Crippen MR) is 68.1 cm³/mol. The Balaban J connectivity index is 2.70. The van der Waals surface area contributed by atoms with E-state index >= 15 is 0 Å². The third-order valence-electron chi connectivity index (χ3n) is 1.57. The zero-order valence-corrected chi connectivity index (χ0v) is 11.6. The molecular weight excluding hydrogens is 293 g/mol. The van der Waals surface area contributed by atoms with Crippen LogP contribution in [0.2, 0.25) is 5.02 Å². The number of ether oxygens (including phenoxy) is 1. The van der Waals surface area contributed by atoms with Gasteiger partial charge in [0.05, 0.1) is 4.47 Å². The topological polar surface area (TPSA) is 38.3 Å². The summed E-state index contributed by atoms with van der Waals surface area (Å²) in [5.41, 5.74) is -0.323. The van der Waals surface area contributed by atoms with Crippen molar-refractivity contribution in [1.29, 1.82) is 0 Å². The first-order chi connectivity index (χ1) is 7.28. The number of hydrogen-bond acceptors (Lipinski definition) is 2. The van der Waals surface area contributed by atoms with Crippen LogP contribution in [-0.4, -0.2) is 11.6 Å². The molecule has 0 saturated heterocycles. The third-order valence-corrected chi connectivity index (χ3v) is 2.43. The number of rotatable bonds is 1. The highest BCUT2D eigenvalue weighted by atomic mass is 79.9. The fourth-order valence-electron chi connectivity index (χ4n) is 0.990. The van der Waals surface area contributed by atoms with Gasteiger partial charge in [0.15, 0.2) is 0 Å². The lowest BCUT2D eigenvalue weighted by Gasteiger charge is -2.20. The van der Waals surface area contributed by atoms with Crippen molar-refractivity contribution in [3.8, 4) is 5.75 Å². The molecule has 0 saturated carbocycles. The molecule has 0 bridgehead atoms. The van der Waals surface area contributed by atoms with Gasteiger partial charge in [-0.3, -0.25) is 0 Å². The van der Waals surface area contributed by atoms with E-state index in [1.54, 1.807) is 18.2 Å². The average molecular weight is 307 g/mol. The van der Waals surface area contributed by atoms with Crippen LogP contribution in [0.4, 0.5) is 4.79 Å². The van der Waals surface area contributed by atoms with Crippen molar-refractivity contribution in [2.75, 3.05) is 0 Å². The molecule has 0 atom stereocenters. The second-order valence-electron chi connectivity index (χ2n) is 4.34. The van der Waals surface area contributed by atoms with Gasteiger partial charge < -0.3 is 10.1 Å². The van der Waals surface area contributed by atoms with E-state index in [9.17, 15) is 4.79 Å². The van der Waals surface area contributed by atoms with Gasteiger partial charge in [-0.25, -0.2) is 4.79 Å². The molecule has 0 fully saturated rings. The first-order valence-corrected chi connectivity index (χ1v) is 5.90. The number of halogens is 2. The zero-order valence-electron chi connectivity index (χ0n) is 9.30. The van der Waals surface area contributed by atoms with Gasteiger partial charge in [-0.1, -0.05) is 11.6 Å². The molecular formula is C11H13BrClNO2. The molecule has 1 aromatic rings. The van der Waals surface area contributed by atoms with Crippen molar-refractivity contribution >= 4 is 33.6 Å². The Labute approximate surface area is 108 Å².